The maximum absolute atomic E-state index is 3.90. The van der Waals surface area contributed by atoms with Crippen molar-refractivity contribution in [3.05, 3.63) is 0 Å². The summed E-state index contributed by atoms with van der Waals surface area (Å²) >= 11 is 0. The molecule has 25 heavy (non-hydrogen) atoms. The van der Waals surface area contributed by atoms with E-state index in [2.05, 4.69) is 5.32 Å². The van der Waals surface area contributed by atoms with Gasteiger partial charge in [-0.05, 0) is 149 Å². The van der Waals surface area contributed by atoms with E-state index in [0.29, 0.717) is 0 Å². The molecule has 0 amide bonds. The van der Waals surface area contributed by atoms with Gasteiger partial charge in [-0.25, -0.2) is 0 Å². The first kappa shape index (κ1) is 16.0. The highest BCUT2D eigenvalue weighted by Gasteiger charge is 2.48. The van der Waals surface area contributed by atoms with Gasteiger partial charge in [-0.1, -0.05) is 0 Å². The molecule has 0 heterocycles. The van der Waals surface area contributed by atoms with Crippen molar-refractivity contribution in [3.8, 4) is 0 Å². The lowest BCUT2D eigenvalue weighted by Gasteiger charge is -2.55. The van der Waals surface area contributed by atoms with Crippen molar-refractivity contribution in [1.82, 2.24) is 5.32 Å². The Morgan fingerprint density at radius 2 is 0.760 bits per heavy atom. The van der Waals surface area contributed by atoms with Crippen LogP contribution >= 0.6 is 0 Å². The fraction of sp³-hybridized carbons (Fsp3) is 1.00. The summed E-state index contributed by atoms with van der Waals surface area (Å²) in [5, 5.41) is 3.90. The van der Waals surface area contributed by atoms with Gasteiger partial charge in [0, 0.05) is 0 Å². The molecule has 8 bridgehead atoms. The highest BCUT2D eigenvalue weighted by molar-refractivity contribution is 4.99. The number of nitrogens with one attached hydrogen (secondary N) is 1. The summed E-state index contributed by atoms with van der Waals surface area (Å²) in [5.74, 6) is 11.3. The van der Waals surface area contributed by atoms with Gasteiger partial charge >= 0.3 is 0 Å². The highest BCUT2D eigenvalue weighted by Crippen LogP contribution is 2.58. The maximum atomic E-state index is 3.90. The first-order chi connectivity index (χ1) is 12.3. The Morgan fingerprint density at radius 3 is 1.08 bits per heavy atom. The molecule has 0 unspecified atom stereocenters. The maximum Gasteiger partial charge on any atom is -0.00461 e. The molecule has 8 fully saturated rings. The average molecular weight is 342 g/mol. The van der Waals surface area contributed by atoms with Crippen LogP contribution in [0.5, 0.6) is 0 Å². The molecule has 1 nitrogen and oxygen atoms in total. The quantitative estimate of drug-likeness (QED) is 0.629. The largest absolute Gasteiger partial charge is 0.317 e. The standard InChI is InChI=1S/C24H39N/c1(23-19-7-15-5-16(9-19)10-20(23)8-15)3-25-4-2-24-21-11-17-6-18(13-21)14-22(24)12-17/h15-25H,1-14H2. The normalized spacial score (nSPS) is 55.2. The molecule has 140 valence electrons. The van der Waals surface area contributed by atoms with E-state index in [1.54, 1.807) is 64.2 Å². The van der Waals surface area contributed by atoms with Crippen LogP contribution in [-0.2, 0) is 0 Å². The Bertz CT molecular complexity index is 396. The van der Waals surface area contributed by atoms with Crippen molar-refractivity contribution in [1.29, 1.82) is 0 Å². The van der Waals surface area contributed by atoms with E-state index in [0.717, 1.165) is 59.2 Å². The smallest absolute Gasteiger partial charge is 0.00461 e. The van der Waals surface area contributed by atoms with Gasteiger partial charge in [-0.2, -0.15) is 0 Å². The predicted octanol–water partition coefficient (Wildman–Crippen LogP) is 5.50. The molecule has 8 aliphatic rings. The van der Waals surface area contributed by atoms with Crippen LogP contribution in [0, 0.1) is 59.2 Å². The number of hydrogen-bond donors (Lipinski definition) is 1. The fourth-order valence-electron chi connectivity index (χ4n) is 9.68. The Kier molecular flexibility index (Phi) is 3.99. The summed E-state index contributed by atoms with van der Waals surface area (Å²) in [6.45, 7) is 2.64. The third-order valence-electron chi connectivity index (χ3n) is 10.2. The van der Waals surface area contributed by atoms with Gasteiger partial charge in [0.1, 0.15) is 0 Å². The molecule has 0 aromatic carbocycles. The molecular formula is C24H39N. The zero-order chi connectivity index (χ0) is 16.4. The second kappa shape index (κ2) is 6.25. The lowest BCUT2D eigenvalue weighted by Crippen LogP contribution is -2.46. The molecule has 0 radical (unpaired) electrons. The van der Waals surface area contributed by atoms with Gasteiger partial charge < -0.3 is 5.32 Å². The Labute approximate surface area is 155 Å². The van der Waals surface area contributed by atoms with Crippen LogP contribution < -0.4 is 5.32 Å². The van der Waals surface area contributed by atoms with E-state index in [1.807, 2.05) is 0 Å². The van der Waals surface area contributed by atoms with Crippen LogP contribution in [0.4, 0.5) is 0 Å². The highest BCUT2D eigenvalue weighted by atomic mass is 14.8. The van der Waals surface area contributed by atoms with Crippen LogP contribution in [0.3, 0.4) is 0 Å². The molecule has 0 saturated heterocycles. The van der Waals surface area contributed by atoms with Crippen molar-refractivity contribution < 1.29 is 0 Å². The van der Waals surface area contributed by atoms with E-state index in [1.165, 1.54) is 25.9 Å². The summed E-state index contributed by atoms with van der Waals surface area (Å²) in [5.41, 5.74) is 0. The van der Waals surface area contributed by atoms with E-state index in [-0.39, 0.29) is 0 Å². The van der Waals surface area contributed by atoms with Crippen molar-refractivity contribution in [3.63, 3.8) is 0 Å². The lowest BCUT2D eigenvalue weighted by molar-refractivity contribution is -0.0418. The SMILES string of the molecule is C(CC1C2CC3CC(C2)CC1C3)NCCC1C2CC3CC(C2)CC1C3. The van der Waals surface area contributed by atoms with E-state index < -0.39 is 0 Å². The monoisotopic (exact) mass is 341 g/mol. The third kappa shape index (κ3) is 2.82. The van der Waals surface area contributed by atoms with E-state index >= 15 is 0 Å². The minimum absolute atomic E-state index is 1.10. The first-order valence-electron chi connectivity index (χ1n) is 12.0. The van der Waals surface area contributed by atoms with Gasteiger partial charge in [0.15, 0.2) is 0 Å². The number of rotatable bonds is 6. The summed E-state index contributed by atoms with van der Waals surface area (Å²) < 4.78 is 0. The molecule has 1 heteroatoms. The Balaban J connectivity index is 0.958. The van der Waals surface area contributed by atoms with E-state index in [9.17, 15) is 0 Å². The van der Waals surface area contributed by atoms with Crippen LogP contribution in [-0.4, -0.2) is 13.1 Å². The minimum Gasteiger partial charge on any atom is -0.317 e. The molecule has 0 atom stereocenters. The van der Waals surface area contributed by atoms with Crippen LogP contribution in [0.25, 0.3) is 0 Å². The molecule has 0 aromatic heterocycles. The summed E-state index contributed by atoms with van der Waals surface area (Å²) in [6.07, 6.45) is 19.0. The van der Waals surface area contributed by atoms with Gasteiger partial charge in [0.25, 0.3) is 0 Å². The Morgan fingerprint density at radius 1 is 0.440 bits per heavy atom. The third-order valence-corrected chi connectivity index (χ3v) is 10.2. The van der Waals surface area contributed by atoms with Gasteiger partial charge in [-0.15, -0.1) is 0 Å². The molecule has 8 rings (SSSR count). The predicted molar refractivity (Wildman–Crippen MR) is 103 cm³/mol. The molecule has 0 spiro atoms. The van der Waals surface area contributed by atoms with Gasteiger partial charge in [0.2, 0.25) is 0 Å². The van der Waals surface area contributed by atoms with Crippen molar-refractivity contribution in [2.45, 2.75) is 77.0 Å². The first-order valence-corrected chi connectivity index (χ1v) is 12.0. The molecule has 8 aliphatic carbocycles. The molecule has 0 aliphatic heterocycles. The van der Waals surface area contributed by atoms with Crippen molar-refractivity contribution in [2.24, 2.45) is 59.2 Å². The Hall–Kier alpha value is -0.0400. The van der Waals surface area contributed by atoms with Crippen LogP contribution in [0.2, 0.25) is 0 Å². The average Bonchev–Trinajstić information content (AvgIpc) is 2.57. The zero-order valence-electron chi connectivity index (χ0n) is 16.2. The van der Waals surface area contributed by atoms with Crippen molar-refractivity contribution >= 4 is 0 Å². The molecule has 0 aromatic rings. The summed E-state index contributed by atoms with van der Waals surface area (Å²) in [7, 11) is 0. The summed E-state index contributed by atoms with van der Waals surface area (Å²) in [4.78, 5) is 0. The second-order valence-electron chi connectivity index (χ2n) is 11.5. The molecular weight excluding hydrogens is 302 g/mol. The second-order valence-corrected chi connectivity index (χ2v) is 11.5. The minimum atomic E-state index is 1.10. The van der Waals surface area contributed by atoms with Crippen LogP contribution in [0.1, 0.15) is 77.0 Å². The zero-order valence-corrected chi connectivity index (χ0v) is 16.2. The van der Waals surface area contributed by atoms with Crippen LogP contribution in [0.15, 0.2) is 0 Å². The lowest BCUT2D eigenvalue weighted by atomic mass is 9.51. The topological polar surface area (TPSA) is 12.0 Å². The summed E-state index contributed by atoms with van der Waals surface area (Å²) in [6, 6.07) is 0. The molecule has 1 N–H and O–H groups in total. The van der Waals surface area contributed by atoms with E-state index in [4.69, 9.17) is 0 Å². The number of hydrogen-bond acceptors (Lipinski definition) is 1. The molecule has 8 saturated carbocycles. The van der Waals surface area contributed by atoms with Gasteiger partial charge in [0.05, 0.1) is 0 Å². The fourth-order valence-corrected chi connectivity index (χ4v) is 9.68. The van der Waals surface area contributed by atoms with Gasteiger partial charge in [-0.3, -0.25) is 0 Å². The van der Waals surface area contributed by atoms with Crippen molar-refractivity contribution in [2.75, 3.05) is 13.1 Å².